The number of carbonyl (C=O) groups excluding carboxylic acids is 1. The summed E-state index contributed by atoms with van der Waals surface area (Å²) in [5.74, 6) is 0.0560. The lowest BCUT2D eigenvalue weighted by molar-refractivity contribution is 0.0914. The molecule has 0 bridgehead atoms. The van der Waals surface area contributed by atoms with Crippen LogP contribution in [-0.4, -0.2) is 22.6 Å². The minimum absolute atomic E-state index is 0.000205. The maximum atomic E-state index is 11.7. The summed E-state index contributed by atoms with van der Waals surface area (Å²) in [7, 11) is 0. The number of aromatic nitrogens is 2. The van der Waals surface area contributed by atoms with Crippen molar-refractivity contribution in [2.24, 2.45) is 0 Å². The number of nitrogens with one attached hydrogen (secondary N) is 1. The van der Waals surface area contributed by atoms with Crippen LogP contribution in [0.1, 0.15) is 22.1 Å². The smallest absolute Gasteiger partial charge is 0.336 e. The fourth-order valence-electron chi connectivity index (χ4n) is 2.19. The molecule has 0 fully saturated rings. The van der Waals surface area contributed by atoms with Crippen LogP contribution in [0.25, 0.3) is 11.0 Å². The molecule has 1 amide bonds. The van der Waals surface area contributed by atoms with Crippen LogP contribution in [0.5, 0.6) is 5.75 Å². The van der Waals surface area contributed by atoms with Crippen molar-refractivity contribution in [2.45, 2.75) is 13.5 Å². The van der Waals surface area contributed by atoms with Crippen molar-refractivity contribution >= 4 is 16.9 Å². The van der Waals surface area contributed by atoms with E-state index in [4.69, 9.17) is 13.7 Å². The van der Waals surface area contributed by atoms with Crippen LogP contribution < -0.4 is 15.7 Å². The Balaban J connectivity index is 1.70. The second-order valence-electron chi connectivity index (χ2n) is 5.21. The normalized spacial score (nSPS) is 10.6. The molecule has 0 radical (unpaired) electrons. The van der Waals surface area contributed by atoms with Crippen LogP contribution in [0, 0.1) is 6.92 Å². The fraction of sp³-hybridized carbons (Fsp3) is 0.176. The van der Waals surface area contributed by atoms with Gasteiger partial charge in [-0.05, 0) is 24.6 Å². The van der Waals surface area contributed by atoms with E-state index < -0.39 is 11.5 Å². The van der Waals surface area contributed by atoms with Gasteiger partial charge in [-0.25, -0.2) is 4.79 Å². The maximum Gasteiger partial charge on any atom is 0.336 e. The lowest BCUT2D eigenvalue weighted by atomic mass is 10.1. The molecule has 2 heterocycles. The van der Waals surface area contributed by atoms with E-state index in [1.54, 1.807) is 18.2 Å². The van der Waals surface area contributed by atoms with E-state index in [0.717, 1.165) is 10.9 Å². The van der Waals surface area contributed by atoms with Gasteiger partial charge in [0.2, 0.25) is 5.82 Å². The Morgan fingerprint density at radius 2 is 2.24 bits per heavy atom. The first-order valence-electron chi connectivity index (χ1n) is 7.46. The summed E-state index contributed by atoms with van der Waals surface area (Å²) >= 11 is 0. The number of hydrogen-bond acceptors (Lipinski definition) is 7. The number of aryl methyl sites for hydroxylation is 1. The van der Waals surface area contributed by atoms with Crippen molar-refractivity contribution in [3.8, 4) is 5.75 Å². The molecule has 0 aliphatic heterocycles. The molecule has 2 aromatic heterocycles. The van der Waals surface area contributed by atoms with E-state index >= 15 is 0 Å². The summed E-state index contributed by atoms with van der Waals surface area (Å²) in [5, 5.41) is 7.04. The van der Waals surface area contributed by atoms with Gasteiger partial charge < -0.3 is 19.0 Å². The quantitative estimate of drug-likeness (QED) is 0.539. The molecule has 3 rings (SSSR count). The van der Waals surface area contributed by atoms with Crippen molar-refractivity contribution in [2.75, 3.05) is 6.54 Å². The first-order chi connectivity index (χ1) is 12.1. The molecule has 0 aliphatic carbocycles. The highest BCUT2D eigenvalue weighted by Gasteiger charge is 2.14. The van der Waals surface area contributed by atoms with Gasteiger partial charge in [0.1, 0.15) is 11.3 Å². The van der Waals surface area contributed by atoms with Crippen LogP contribution in [-0.2, 0) is 6.61 Å². The molecule has 8 heteroatoms. The molecular formula is C17H15N3O5. The number of benzene rings is 1. The van der Waals surface area contributed by atoms with Gasteiger partial charge in [0.15, 0.2) is 6.61 Å². The lowest BCUT2D eigenvalue weighted by Gasteiger charge is -2.05. The van der Waals surface area contributed by atoms with Crippen molar-refractivity contribution < 1.29 is 18.5 Å². The van der Waals surface area contributed by atoms with E-state index in [1.165, 1.54) is 12.1 Å². The highest BCUT2D eigenvalue weighted by Crippen LogP contribution is 2.22. The van der Waals surface area contributed by atoms with Crippen LogP contribution in [0.15, 0.2) is 50.7 Å². The minimum Gasteiger partial charge on any atom is -0.485 e. The third kappa shape index (κ3) is 3.74. The van der Waals surface area contributed by atoms with Gasteiger partial charge in [-0.1, -0.05) is 11.2 Å². The third-order valence-electron chi connectivity index (χ3n) is 3.36. The van der Waals surface area contributed by atoms with E-state index in [9.17, 15) is 9.59 Å². The predicted octanol–water partition coefficient (Wildman–Crippen LogP) is 1.98. The van der Waals surface area contributed by atoms with E-state index in [2.05, 4.69) is 22.0 Å². The predicted molar refractivity (Wildman–Crippen MR) is 88.4 cm³/mol. The van der Waals surface area contributed by atoms with E-state index in [1.807, 2.05) is 6.92 Å². The number of hydrogen-bond donors (Lipinski definition) is 1. The lowest BCUT2D eigenvalue weighted by Crippen LogP contribution is -2.23. The Labute approximate surface area is 142 Å². The summed E-state index contributed by atoms with van der Waals surface area (Å²) in [6.07, 6.45) is 1.54. The largest absolute Gasteiger partial charge is 0.485 e. The second-order valence-corrected chi connectivity index (χ2v) is 5.21. The molecule has 0 saturated heterocycles. The van der Waals surface area contributed by atoms with Gasteiger partial charge in [0.25, 0.3) is 0 Å². The van der Waals surface area contributed by atoms with Crippen molar-refractivity contribution in [3.63, 3.8) is 0 Å². The highest BCUT2D eigenvalue weighted by molar-refractivity contribution is 5.89. The Hall–Kier alpha value is -3.42. The standard InChI is InChI=1S/C17H15N3O5/c1-3-6-18-16(22)17-19-14(20-25-17)9-23-11-4-5-12-10(2)7-15(21)24-13(12)8-11/h3-5,7-8H,1,6,9H2,2H3,(H,18,22). The van der Waals surface area contributed by atoms with Gasteiger partial charge in [-0.15, -0.1) is 6.58 Å². The Morgan fingerprint density at radius 3 is 3.04 bits per heavy atom. The Kier molecular flexibility index (Phi) is 4.60. The molecule has 3 aromatic rings. The molecule has 0 spiro atoms. The van der Waals surface area contributed by atoms with Gasteiger partial charge in [-0.3, -0.25) is 4.79 Å². The molecule has 0 atom stereocenters. The molecular weight excluding hydrogens is 326 g/mol. The molecule has 128 valence electrons. The summed E-state index contributed by atoms with van der Waals surface area (Å²) in [6, 6.07) is 6.59. The summed E-state index contributed by atoms with van der Waals surface area (Å²) < 4.78 is 15.6. The fourth-order valence-corrected chi connectivity index (χ4v) is 2.19. The summed E-state index contributed by atoms with van der Waals surface area (Å²) in [5.41, 5.74) is 0.835. The molecule has 0 saturated carbocycles. The van der Waals surface area contributed by atoms with Crippen LogP contribution in [0.4, 0.5) is 0 Å². The summed E-state index contributed by atoms with van der Waals surface area (Å²) in [4.78, 5) is 27.1. The Morgan fingerprint density at radius 1 is 1.40 bits per heavy atom. The van der Waals surface area contributed by atoms with Crippen LogP contribution in [0.2, 0.25) is 0 Å². The maximum absolute atomic E-state index is 11.7. The average molecular weight is 341 g/mol. The number of rotatable bonds is 6. The summed E-state index contributed by atoms with van der Waals surface area (Å²) in [6.45, 7) is 5.63. The van der Waals surface area contributed by atoms with Gasteiger partial charge >= 0.3 is 17.4 Å². The minimum atomic E-state index is -0.485. The van der Waals surface area contributed by atoms with Crippen LogP contribution in [0.3, 0.4) is 0 Å². The van der Waals surface area contributed by atoms with Crippen molar-refractivity contribution in [1.29, 1.82) is 0 Å². The van der Waals surface area contributed by atoms with Crippen molar-refractivity contribution in [3.05, 3.63) is 64.6 Å². The molecule has 8 nitrogen and oxygen atoms in total. The van der Waals surface area contributed by atoms with E-state index in [0.29, 0.717) is 17.9 Å². The van der Waals surface area contributed by atoms with Gasteiger partial charge in [-0.2, -0.15) is 4.98 Å². The number of ether oxygens (including phenoxy) is 1. The number of nitrogens with zero attached hydrogens (tertiary/aromatic N) is 2. The van der Waals surface area contributed by atoms with Gasteiger partial charge in [0.05, 0.1) is 0 Å². The highest BCUT2D eigenvalue weighted by atomic mass is 16.5. The SMILES string of the molecule is C=CCNC(=O)c1nc(COc2ccc3c(C)cc(=O)oc3c2)no1. The van der Waals surface area contributed by atoms with Crippen molar-refractivity contribution in [1.82, 2.24) is 15.5 Å². The zero-order valence-corrected chi connectivity index (χ0v) is 13.4. The monoisotopic (exact) mass is 341 g/mol. The number of amides is 1. The number of fused-ring (bicyclic) bond motifs is 1. The molecule has 1 N–H and O–H groups in total. The topological polar surface area (TPSA) is 107 Å². The molecule has 25 heavy (non-hydrogen) atoms. The molecule has 0 aliphatic rings. The Bertz CT molecular complexity index is 989. The molecule has 0 unspecified atom stereocenters. The number of carbonyl (C=O) groups is 1. The van der Waals surface area contributed by atoms with Gasteiger partial charge in [0, 0.05) is 24.1 Å². The molecule has 1 aromatic carbocycles. The first-order valence-corrected chi connectivity index (χ1v) is 7.46. The third-order valence-corrected chi connectivity index (χ3v) is 3.36. The average Bonchev–Trinajstić information content (AvgIpc) is 3.06. The first kappa shape index (κ1) is 16.4. The second kappa shape index (κ2) is 7.00. The van der Waals surface area contributed by atoms with E-state index in [-0.39, 0.29) is 18.3 Å². The zero-order chi connectivity index (χ0) is 17.8. The zero-order valence-electron chi connectivity index (χ0n) is 13.4. The van der Waals surface area contributed by atoms with Crippen LogP contribution >= 0.6 is 0 Å².